The van der Waals surface area contributed by atoms with E-state index in [2.05, 4.69) is 31.3 Å². The number of benzene rings is 1. The van der Waals surface area contributed by atoms with Gasteiger partial charge in [0.2, 0.25) is 0 Å². The van der Waals surface area contributed by atoms with E-state index in [1.165, 1.54) is 17.5 Å². The van der Waals surface area contributed by atoms with Gasteiger partial charge in [0.1, 0.15) is 0 Å². The summed E-state index contributed by atoms with van der Waals surface area (Å²) in [6.07, 6.45) is 2.36. The van der Waals surface area contributed by atoms with Crippen LogP contribution in [0.2, 0.25) is 0 Å². The van der Waals surface area contributed by atoms with Gasteiger partial charge in [0.05, 0.1) is 0 Å². The Morgan fingerprint density at radius 1 is 1.43 bits per heavy atom. The summed E-state index contributed by atoms with van der Waals surface area (Å²) in [5, 5.41) is 3.58. The standard InChI is InChI=1S/C12H18N2/c1-8(2)14-12-6-3-9-7-10(13)4-5-11(9)12/h4-5,7-8,12,14H,3,6,13H2,1-2H3. The van der Waals surface area contributed by atoms with Crippen molar-refractivity contribution in [2.24, 2.45) is 0 Å². The van der Waals surface area contributed by atoms with Crippen molar-refractivity contribution in [3.63, 3.8) is 0 Å². The molecule has 0 aromatic heterocycles. The third-order valence-electron chi connectivity index (χ3n) is 2.78. The van der Waals surface area contributed by atoms with Gasteiger partial charge in [0, 0.05) is 17.8 Å². The summed E-state index contributed by atoms with van der Waals surface area (Å²) in [5.41, 5.74) is 9.50. The molecule has 1 atom stereocenters. The maximum absolute atomic E-state index is 5.76. The van der Waals surface area contributed by atoms with Gasteiger partial charge in [-0.15, -0.1) is 0 Å². The van der Waals surface area contributed by atoms with Crippen LogP contribution in [-0.2, 0) is 6.42 Å². The molecule has 1 aliphatic carbocycles. The SMILES string of the molecule is CC(C)NC1CCc2cc(N)ccc21. The fraction of sp³-hybridized carbons (Fsp3) is 0.500. The number of hydrogen-bond acceptors (Lipinski definition) is 2. The Morgan fingerprint density at radius 3 is 2.93 bits per heavy atom. The topological polar surface area (TPSA) is 38.0 Å². The normalized spacial score (nSPS) is 20.1. The summed E-state index contributed by atoms with van der Waals surface area (Å²) in [5.74, 6) is 0. The first-order valence-corrected chi connectivity index (χ1v) is 5.31. The molecule has 3 N–H and O–H groups in total. The Labute approximate surface area is 85.5 Å². The number of anilines is 1. The van der Waals surface area contributed by atoms with Crippen molar-refractivity contribution in [1.82, 2.24) is 5.32 Å². The van der Waals surface area contributed by atoms with Crippen LogP contribution in [0.4, 0.5) is 5.69 Å². The molecule has 2 heteroatoms. The first-order valence-electron chi connectivity index (χ1n) is 5.31. The van der Waals surface area contributed by atoms with Crippen molar-refractivity contribution < 1.29 is 0 Å². The van der Waals surface area contributed by atoms with Crippen LogP contribution in [0.5, 0.6) is 0 Å². The van der Waals surface area contributed by atoms with E-state index in [9.17, 15) is 0 Å². The maximum atomic E-state index is 5.76. The predicted molar refractivity (Wildman–Crippen MR) is 60.2 cm³/mol. The minimum Gasteiger partial charge on any atom is -0.399 e. The van der Waals surface area contributed by atoms with Crippen LogP contribution >= 0.6 is 0 Å². The van der Waals surface area contributed by atoms with Crippen LogP contribution in [0.3, 0.4) is 0 Å². The monoisotopic (exact) mass is 190 g/mol. The number of fused-ring (bicyclic) bond motifs is 1. The van der Waals surface area contributed by atoms with Gasteiger partial charge in [-0.1, -0.05) is 19.9 Å². The fourth-order valence-electron chi connectivity index (χ4n) is 2.21. The molecule has 1 aromatic rings. The second kappa shape index (κ2) is 3.62. The van der Waals surface area contributed by atoms with Crippen LogP contribution in [0.1, 0.15) is 37.4 Å². The Kier molecular flexibility index (Phi) is 2.46. The van der Waals surface area contributed by atoms with Crippen LogP contribution < -0.4 is 11.1 Å². The first kappa shape index (κ1) is 9.53. The number of nitrogens with one attached hydrogen (secondary N) is 1. The summed E-state index contributed by atoms with van der Waals surface area (Å²) in [6.45, 7) is 4.38. The molecule has 0 saturated carbocycles. The number of nitrogens with two attached hydrogens (primary N) is 1. The van der Waals surface area contributed by atoms with Crippen molar-refractivity contribution in [2.45, 2.75) is 38.8 Å². The van der Waals surface area contributed by atoms with Gasteiger partial charge in [-0.2, -0.15) is 0 Å². The second-order valence-electron chi connectivity index (χ2n) is 4.37. The molecule has 14 heavy (non-hydrogen) atoms. The lowest BCUT2D eigenvalue weighted by Gasteiger charge is -2.17. The van der Waals surface area contributed by atoms with Gasteiger partial charge in [0.25, 0.3) is 0 Å². The molecule has 1 aliphatic rings. The Bertz CT molecular complexity index is 331. The zero-order chi connectivity index (χ0) is 10.1. The van der Waals surface area contributed by atoms with Crippen molar-refractivity contribution in [1.29, 1.82) is 0 Å². The Balaban J connectivity index is 2.22. The third kappa shape index (κ3) is 1.75. The average Bonchev–Trinajstić information content (AvgIpc) is 2.47. The number of rotatable bonds is 2. The molecule has 2 rings (SSSR count). The summed E-state index contributed by atoms with van der Waals surface area (Å²) in [4.78, 5) is 0. The van der Waals surface area contributed by atoms with Crippen molar-refractivity contribution in [3.05, 3.63) is 29.3 Å². The Morgan fingerprint density at radius 2 is 2.21 bits per heavy atom. The molecule has 0 fully saturated rings. The largest absolute Gasteiger partial charge is 0.399 e. The van der Waals surface area contributed by atoms with Crippen molar-refractivity contribution in [3.8, 4) is 0 Å². The van der Waals surface area contributed by atoms with Crippen molar-refractivity contribution >= 4 is 5.69 Å². The van der Waals surface area contributed by atoms with Gasteiger partial charge in [-0.05, 0) is 36.1 Å². The molecule has 0 spiro atoms. The molecule has 1 unspecified atom stereocenters. The summed E-state index contributed by atoms with van der Waals surface area (Å²) in [6, 6.07) is 7.35. The summed E-state index contributed by atoms with van der Waals surface area (Å²) in [7, 11) is 0. The zero-order valence-electron chi connectivity index (χ0n) is 8.88. The molecule has 2 nitrogen and oxygen atoms in total. The van der Waals surface area contributed by atoms with E-state index < -0.39 is 0 Å². The van der Waals surface area contributed by atoms with Crippen LogP contribution in [0, 0.1) is 0 Å². The van der Waals surface area contributed by atoms with E-state index in [-0.39, 0.29) is 0 Å². The highest BCUT2D eigenvalue weighted by atomic mass is 14.9. The van der Waals surface area contributed by atoms with Crippen molar-refractivity contribution in [2.75, 3.05) is 5.73 Å². The smallest absolute Gasteiger partial charge is 0.0328 e. The fourth-order valence-corrected chi connectivity index (χ4v) is 2.21. The summed E-state index contributed by atoms with van der Waals surface area (Å²) < 4.78 is 0. The van der Waals surface area contributed by atoms with Gasteiger partial charge in [-0.25, -0.2) is 0 Å². The predicted octanol–water partition coefficient (Wildman–Crippen LogP) is 2.25. The minimum atomic E-state index is 0.533. The second-order valence-corrected chi connectivity index (χ2v) is 4.37. The highest BCUT2D eigenvalue weighted by Crippen LogP contribution is 2.32. The molecular weight excluding hydrogens is 172 g/mol. The zero-order valence-corrected chi connectivity index (χ0v) is 8.88. The highest BCUT2D eigenvalue weighted by Gasteiger charge is 2.22. The highest BCUT2D eigenvalue weighted by molar-refractivity contribution is 5.47. The molecule has 0 aliphatic heterocycles. The van der Waals surface area contributed by atoms with Crippen LogP contribution in [-0.4, -0.2) is 6.04 Å². The van der Waals surface area contributed by atoms with Gasteiger partial charge < -0.3 is 11.1 Å². The lowest BCUT2D eigenvalue weighted by atomic mass is 10.1. The lowest BCUT2D eigenvalue weighted by molar-refractivity contribution is 0.475. The molecule has 0 heterocycles. The molecule has 0 amide bonds. The van der Waals surface area contributed by atoms with E-state index in [0.29, 0.717) is 12.1 Å². The van der Waals surface area contributed by atoms with E-state index in [1.54, 1.807) is 0 Å². The molecule has 76 valence electrons. The molecule has 0 saturated heterocycles. The van der Waals surface area contributed by atoms with E-state index >= 15 is 0 Å². The van der Waals surface area contributed by atoms with Crippen LogP contribution in [0.15, 0.2) is 18.2 Å². The number of hydrogen-bond donors (Lipinski definition) is 2. The van der Waals surface area contributed by atoms with E-state index in [4.69, 9.17) is 5.73 Å². The lowest BCUT2D eigenvalue weighted by Crippen LogP contribution is -2.26. The molecule has 1 aromatic carbocycles. The molecule has 0 bridgehead atoms. The third-order valence-corrected chi connectivity index (χ3v) is 2.78. The number of nitrogen functional groups attached to an aromatic ring is 1. The summed E-state index contributed by atoms with van der Waals surface area (Å²) >= 11 is 0. The molecular formula is C12H18N2. The minimum absolute atomic E-state index is 0.533. The van der Waals surface area contributed by atoms with Crippen LogP contribution in [0.25, 0.3) is 0 Å². The van der Waals surface area contributed by atoms with Gasteiger partial charge >= 0.3 is 0 Å². The first-order chi connectivity index (χ1) is 6.66. The Hall–Kier alpha value is -1.02. The maximum Gasteiger partial charge on any atom is 0.0328 e. The molecule has 0 radical (unpaired) electrons. The van der Waals surface area contributed by atoms with E-state index in [1.807, 2.05) is 6.07 Å². The average molecular weight is 190 g/mol. The number of aryl methyl sites for hydroxylation is 1. The van der Waals surface area contributed by atoms with Gasteiger partial charge in [-0.3, -0.25) is 0 Å². The van der Waals surface area contributed by atoms with Gasteiger partial charge in [0.15, 0.2) is 0 Å². The quantitative estimate of drug-likeness (QED) is 0.702. The van der Waals surface area contributed by atoms with E-state index in [0.717, 1.165) is 12.1 Å².